The highest BCUT2D eigenvalue weighted by atomic mass is 32.2. The summed E-state index contributed by atoms with van der Waals surface area (Å²) in [7, 11) is 3.27. The number of esters is 1. The van der Waals surface area contributed by atoms with Gasteiger partial charge in [-0.2, -0.15) is 0 Å². The number of hydrogen-bond acceptors (Lipinski definition) is 8. The highest BCUT2D eigenvalue weighted by Gasteiger charge is 2.26. The number of amides is 1. The van der Waals surface area contributed by atoms with Crippen LogP contribution in [0.15, 0.2) is 29.4 Å². The maximum absolute atomic E-state index is 12.9. The van der Waals surface area contributed by atoms with E-state index in [1.54, 1.807) is 0 Å². The first-order valence-corrected chi connectivity index (χ1v) is 14.6. The van der Waals surface area contributed by atoms with Crippen molar-refractivity contribution in [2.45, 2.75) is 63.4 Å². The number of unbranched alkanes of at least 4 members (excludes halogenated alkanes) is 1. The van der Waals surface area contributed by atoms with Crippen molar-refractivity contribution in [2.24, 2.45) is 7.05 Å². The van der Waals surface area contributed by atoms with E-state index in [4.69, 9.17) is 9.47 Å². The fourth-order valence-corrected chi connectivity index (χ4v) is 6.35. The molecular weight excluding hydrogens is 508 g/mol. The topological polar surface area (TPSA) is 95.3 Å². The average molecular weight is 543 g/mol. The maximum atomic E-state index is 12.9. The van der Waals surface area contributed by atoms with Crippen LogP contribution < -0.4 is 10.1 Å². The van der Waals surface area contributed by atoms with Crippen molar-refractivity contribution in [3.63, 3.8) is 0 Å². The van der Waals surface area contributed by atoms with Crippen molar-refractivity contribution in [2.75, 3.05) is 24.8 Å². The number of anilines is 1. The number of benzene rings is 1. The molecule has 1 amide bonds. The molecule has 3 aromatic rings. The quantitative estimate of drug-likeness (QED) is 0.194. The Labute approximate surface area is 226 Å². The molecule has 0 spiro atoms. The molecule has 198 valence electrons. The van der Waals surface area contributed by atoms with E-state index in [0.29, 0.717) is 28.2 Å². The minimum absolute atomic E-state index is 0.152. The van der Waals surface area contributed by atoms with Crippen LogP contribution in [-0.4, -0.2) is 46.1 Å². The summed E-state index contributed by atoms with van der Waals surface area (Å²) in [4.78, 5) is 26.7. The predicted octanol–water partition coefficient (Wildman–Crippen LogP) is 5.90. The van der Waals surface area contributed by atoms with Crippen LogP contribution in [-0.2, 0) is 29.4 Å². The third kappa shape index (κ3) is 6.73. The molecule has 0 aliphatic heterocycles. The van der Waals surface area contributed by atoms with E-state index in [2.05, 4.69) is 22.4 Å². The third-order valence-electron chi connectivity index (χ3n) is 6.36. The summed E-state index contributed by atoms with van der Waals surface area (Å²) >= 11 is 2.81. The van der Waals surface area contributed by atoms with Crippen LogP contribution in [0.5, 0.6) is 5.75 Å². The van der Waals surface area contributed by atoms with Gasteiger partial charge < -0.3 is 19.4 Å². The van der Waals surface area contributed by atoms with Gasteiger partial charge in [0.1, 0.15) is 10.8 Å². The first-order valence-electron chi connectivity index (χ1n) is 12.8. The van der Waals surface area contributed by atoms with Gasteiger partial charge in [0.05, 0.1) is 25.0 Å². The van der Waals surface area contributed by atoms with Gasteiger partial charge in [0.2, 0.25) is 5.91 Å². The number of aryl methyl sites for hydroxylation is 1. The summed E-state index contributed by atoms with van der Waals surface area (Å²) < 4.78 is 12.7. The van der Waals surface area contributed by atoms with Crippen LogP contribution in [0.3, 0.4) is 0 Å². The Kier molecular flexibility index (Phi) is 9.62. The summed E-state index contributed by atoms with van der Waals surface area (Å²) in [5.74, 6) is 1.12. The van der Waals surface area contributed by atoms with Crippen LogP contribution >= 0.6 is 23.1 Å². The van der Waals surface area contributed by atoms with Gasteiger partial charge in [0, 0.05) is 17.5 Å². The molecule has 0 atom stereocenters. The maximum Gasteiger partial charge on any atom is 0.341 e. The van der Waals surface area contributed by atoms with E-state index in [0.717, 1.165) is 61.8 Å². The lowest BCUT2D eigenvalue weighted by atomic mass is 9.96. The van der Waals surface area contributed by atoms with Gasteiger partial charge in [0.15, 0.2) is 11.0 Å². The van der Waals surface area contributed by atoms with E-state index < -0.39 is 0 Å². The van der Waals surface area contributed by atoms with Crippen molar-refractivity contribution in [1.29, 1.82) is 0 Å². The zero-order valence-electron chi connectivity index (χ0n) is 21.7. The normalized spacial score (nSPS) is 13.4. The largest absolute Gasteiger partial charge is 0.494 e. The van der Waals surface area contributed by atoms with Crippen molar-refractivity contribution in [1.82, 2.24) is 14.8 Å². The van der Waals surface area contributed by atoms with Gasteiger partial charge >= 0.3 is 5.97 Å². The highest BCUT2D eigenvalue weighted by molar-refractivity contribution is 7.99. The molecular formula is C27H34N4O4S2. The highest BCUT2D eigenvalue weighted by Crippen LogP contribution is 2.37. The van der Waals surface area contributed by atoms with Crippen molar-refractivity contribution in [3.05, 3.63) is 40.3 Å². The van der Waals surface area contributed by atoms with Crippen molar-refractivity contribution in [3.8, 4) is 17.1 Å². The molecule has 4 rings (SSSR count). The summed E-state index contributed by atoms with van der Waals surface area (Å²) in [6.45, 7) is 2.84. The van der Waals surface area contributed by atoms with Gasteiger partial charge in [0.25, 0.3) is 0 Å². The number of carbonyl (C=O) groups excluding carboxylic acids is 2. The number of methoxy groups -OCH3 is 1. The van der Waals surface area contributed by atoms with Gasteiger partial charge in [-0.15, -0.1) is 21.5 Å². The number of fused-ring (bicyclic) bond motifs is 1. The molecule has 0 saturated heterocycles. The molecule has 0 radical (unpaired) electrons. The molecule has 1 aliphatic rings. The molecule has 0 bridgehead atoms. The zero-order valence-corrected chi connectivity index (χ0v) is 23.3. The molecule has 0 saturated carbocycles. The molecule has 2 aromatic heterocycles. The average Bonchev–Trinajstić information content (AvgIpc) is 3.42. The number of thioether (sulfide) groups is 1. The lowest BCUT2D eigenvalue weighted by Gasteiger charge is -2.11. The van der Waals surface area contributed by atoms with Crippen LogP contribution in [0, 0.1) is 0 Å². The molecule has 0 unspecified atom stereocenters. The van der Waals surface area contributed by atoms with Gasteiger partial charge in [-0.1, -0.05) is 37.9 Å². The van der Waals surface area contributed by atoms with Crippen molar-refractivity contribution < 1.29 is 19.1 Å². The third-order valence-corrected chi connectivity index (χ3v) is 8.59. The summed E-state index contributed by atoms with van der Waals surface area (Å²) in [5.41, 5.74) is 2.48. The Hall–Kier alpha value is -2.85. The van der Waals surface area contributed by atoms with Crippen LogP contribution in [0.25, 0.3) is 11.4 Å². The van der Waals surface area contributed by atoms with E-state index in [1.807, 2.05) is 35.9 Å². The Morgan fingerprint density at radius 1 is 1.11 bits per heavy atom. The smallest absolute Gasteiger partial charge is 0.341 e. The molecule has 1 aliphatic carbocycles. The predicted molar refractivity (Wildman–Crippen MR) is 148 cm³/mol. The number of hydrogen-bond donors (Lipinski definition) is 1. The summed E-state index contributed by atoms with van der Waals surface area (Å²) in [5, 5.41) is 12.8. The van der Waals surface area contributed by atoms with E-state index in [-0.39, 0.29) is 17.6 Å². The molecule has 37 heavy (non-hydrogen) atoms. The fraction of sp³-hybridized carbons (Fsp3) is 0.481. The second-order valence-electron chi connectivity index (χ2n) is 9.04. The lowest BCUT2D eigenvalue weighted by molar-refractivity contribution is -0.113. The molecule has 2 heterocycles. The number of aromatic nitrogens is 3. The second kappa shape index (κ2) is 13.1. The molecule has 10 heteroatoms. The SMILES string of the molecule is CCCCOc1ccc(-c2nnc(SCC(=O)Nc3sc4c(c3C(=O)OC)CCCCCC4)n2C)cc1. The van der Waals surface area contributed by atoms with Gasteiger partial charge in [-0.25, -0.2) is 4.79 Å². The number of rotatable bonds is 10. The first kappa shape index (κ1) is 27.2. The first-order chi connectivity index (χ1) is 18.0. The van der Waals surface area contributed by atoms with Crippen LogP contribution in [0.4, 0.5) is 5.00 Å². The zero-order chi connectivity index (χ0) is 26.2. The molecule has 1 aromatic carbocycles. The molecule has 1 N–H and O–H groups in total. The fourth-order valence-electron chi connectivity index (χ4n) is 4.34. The Morgan fingerprint density at radius 2 is 1.86 bits per heavy atom. The van der Waals surface area contributed by atoms with E-state index in [9.17, 15) is 9.59 Å². The van der Waals surface area contributed by atoms with Crippen LogP contribution in [0.1, 0.15) is 66.2 Å². The number of nitrogens with zero attached hydrogens (tertiary/aromatic N) is 3. The van der Waals surface area contributed by atoms with Crippen molar-refractivity contribution >= 4 is 40.0 Å². The Bertz CT molecular complexity index is 1220. The summed E-state index contributed by atoms with van der Waals surface area (Å²) in [6, 6.07) is 7.79. The number of ether oxygens (including phenoxy) is 2. The minimum Gasteiger partial charge on any atom is -0.494 e. The molecule has 8 nitrogen and oxygen atoms in total. The monoisotopic (exact) mass is 542 g/mol. The second-order valence-corrected chi connectivity index (χ2v) is 11.1. The minimum atomic E-state index is -0.388. The number of nitrogens with one attached hydrogen (secondary N) is 1. The van der Waals surface area contributed by atoms with Gasteiger partial charge in [-0.3, -0.25) is 4.79 Å². The molecule has 0 fully saturated rings. The van der Waals surface area contributed by atoms with Gasteiger partial charge in [-0.05, 0) is 61.9 Å². The van der Waals surface area contributed by atoms with E-state index >= 15 is 0 Å². The standard InChI is InChI=1S/C27H34N4O4S2/c1-4-5-16-35-19-14-12-18(13-15-19)24-29-30-27(31(24)2)36-17-22(32)28-25-23(26(33)34-3)20-10-8-6-7-9-11-21(20)37-25/h12-15H,4-11,16-17H2,1-3H3,(H,28,32). The Balaban J connectivity index is 1.41. The number of carbonyl (C=O) groups is 2. The number of thiophene rings is 1. The lowest BCUT2D eigenvalue weighted by Crippen LogP contribution is -2.16. The van der Waals surface area contributed by atoms with E-state index in [1.165, 1.54) is 41.5 Å². The summed E-state index contributed by atoms with van der Waals surface area (Å²) in [6.07, 6.45) is 8.39. The Morgan fingerprint density at radius 3 is 2.59 bits per heavy atom. The van der Waals surface area contributed by atoms with Crippen LogP contribution in [0.2, 0.25) is 0 Å².